The fourth-order valence-corrected chi connectivity index (χ4v) is 11.5. The molecule has 0 unspecified atom stereocenters. The lowest BCUT2D eigenvalue weighted by Crippen LogP contribution is -2.50. The van der Waals surface area contributed by atoms with E-state index in [1.807, 2.05) is 111 Å². The van der Waals surface area contributed by atoms with E-state index in [-0.39, 0.29) is 22.3 Å². The zero-order valence-corrected chi connectivity index (χ0v) is 35.6. The van der Waals surface area contributed by atoms with E-state index in [1.165, 1.54) is 34.8 Å². The molecule has 0 radical (unpaired) electrons. The Morgan fingerprint density at radius 3 is 1.29 bits per heavy atom. The molecule has 0 aliphatic heterocycles. The molecular formula is C46H42F6S4. The molecule has 2 aliphatic carbocycles. The van der Waals surface area contributed by atoms with Gasteiger partial charge in [-0.3, -0.25) is 0 Å². The highest BCUT2D eigenvalue weighted by molar-refractivity contribution is 7.22. The predicted molar refractivity (Wildman–Crippen MR) is 229 cm³/mol. The monoisotopic (exact) mass is 836 g/mol. The summed E-state index contributed by atoms with van der Waals surface area (Å²) >= 11 is 5.94. The van der Waals surface area contributed by atoms with Crippen LogP contribution in [-0.4, -0.2) is 17.8 Å². The molecule has 2 aliphatic rings. The molecule has 0 bridgehead atoms. The molecule has 0 aromatic carbocycles. The molecule has 0 saturated carbocycles. The number of thiophene rings is 4. The molecule has 56 heavy (non-hydrogen) atoms. The zero-order chi connectivity index (χ0) is 40.8. The average Bonchev–Trinajstić information content (AvgIpc) is 4.00. The number of halogens is 6. The summed E-state index contributed by atoms with van der Waals surface area (Å²) in [6, 6.07) is 15.3. The smallest absolute Gasteiger partial charge is 0.194 e. The van der Waals surface area contributed by atoms with Gasteiger partial charge in [-0.15, -0.1) is 45.3 Å². The van der Waals surface area contributed by atoms with Crippen LogP contribution in [0.4, 0.5) is 26.3 Å². The van der Waals surface area contributed by atoms with E-state index in [1.54, 1.807) is 62.5 Å². The molecule has 292 valence electrons. The van der Waals surface area contributed by atoms with Crippen molar-refractivity contribution in [1.82, 2.24) is 0 Å². The maximum absolute atomic E-state index is 16.7. The first-order valence-electron chi connectivity index (χ1n) is 18.0. The quantitative estimate of drug-likeness (QED) is 0.110. The molecule has 0 fully saturated rings. The molecule has 0 nitrogen and oxygen atoms in total. The molecule has 4 aromatic heterocycles. The highest BCUT2D eigenvalue weighted by Gasteiger charge is 2.81. The molecular weight excluding hydrogens is 795 g/mol. The van der Waals surface area contributed by atoms with Gasteiger partial charge in [0.1, 0.15) is 0 Å². The number of hydrogen-bond acceptors (Lipinski definition) is 4. The van der Waals surface area contributed by atoms with Crippen LogP contribution in [0.1, 0.15) is 65.1 Å². The van der Waals surface area contributed by atoms with E-state index in [2.05, 4.69) is 0 Å². The number of allylic oxidation sites excluding steroid dienone is 18. The summed E-state index contributed by atoms with van der Waals surface area (Å²) in [5.74, 6) is -16.2. The van der Waals surface area contributed by atoms with Crippen molar-refractivity contribution in [2.75, 3.05) is 0 Å². The Hall–Kier alpha value is -3.96. The third-order valence-electron chi connectivity index (χ3n) is 10.6. The maximum Gasteiger partial charge on any atom is 0.380 e. The third kappa shape index (κ3) is 6.70. The summed E-state index contributed by atoms with van der Waals surface area (Å²) in [5.41, 5.74) is -1.95. The fraction of sp³-hybridized carbons (Fsp3) is 0.261. The first kappa shape index (κ1) is 41.7. The van der Waals surface area contributed by atoms with Crippen molar-refractivity contribution < 1.29 is 26.3 Å². The van der Waals surface area contributed by atoms with Crippen molar-refractivity contribution in [3.63, 3.8) is 0 Å². The average molecular weight is 837 g/mol. The van der Waals surface area contributed by atoms with Crippen molar-refractivity contribution in [3.05, 3.63) is 162 Å². The van der Waals surface area contributed by atoms with Crippen LogP contribution in [0.2, 0.25) is 0 Å². The Bertz CT molecular complexity index is 2240. The van der Waals surface area contributed by atoms with Crippen LogP contribution in [0, 0.1) is 5.41 Å². The zero-order valence-electron chi connectivity index (χ0n) is 32.3. The highest BCUT2D eigenvalue weighted by Crippen LogP contribution is 2.67. The summed E-state index contributed by atoms with van der Waals surface area (Å²) in [6.45, 7) is 14.0. The third-order valence-corrected chi connectivity index (χ3v) is 15.2. The van der Waals surface area contributed by atoms with Gasteiger partial charge in [0, 0.05) is 40.4 Å². The molecule has 4 heterocycles. The van der Waals surface area contributed by atoms with Crippen LogP contribution in [0.25, 0.3) is 30.7 Å². The Kier molecular flexibility index (Phi) is 11.7. The highest BCUT2D eigenvalue weighted by atomic mass is 32.1. The minimum atomic E-state index is -5.71. The lowest BCUT2D eigenvalue weighted by molar-refractivity contribution is -0.264. The second kappa shape index (κ2) is 15.8. The molecule has 6 rings (SSSR count). The van der Waals surface area contributed by atoms with Crippen molar-refractivity contribution in [3.8, 4) is 19.5 Å². The standard InChI is InChI=1S/C46H42F6S4/c1-9-11-15-29(5)43(30(6)16-12-10-2)31(7)33(25-27(3)35-19-21-39(55-35)37-17-13-23-53-37)41-42(45(49,50)46(51,52)44(41,47)48)34(32(43)8)26-28(4)36-20-22-40(56-36)38-18-14-24-54-38/h9-26H,1-8H3/b11-9-,12-10-,27-25+,28-26+,29-15+,30-16+. The molecule has 4 aromatic rings. The van der Waals surface area contributed by atoms with Gasteiger partial charge in [0.25, 0.3) is 0 Å². The van der Waals surface area contributed by atoms with Crippen LogP contribution in [-0.2, 0) is 0 Å². The number of hydrogen-bond donors (Lipinski definition) is 0. The van der Waals surface area contributed by atoms with E-state index in [9.17, 15) is 0 Å². The first-order valence-corrected chi connectivity index (χ1v) is 21.4. The van der Waals surface area contributed by atoms with Crippen LogP contribution in [0.5, 0.6) is 0 Å². The van der Waals surface area contributed by atoms with Crippen molar-refractivity contribution in [2.24, 2.45) is 5.41 Å². The summed E-state index contributed by atoms with van der Waals surface area (Å²) in [4.78, 5) is 5.32. The summed E-state index contributed by atoms with van der Waals surface area (Å²) < 4.78 is 98.9. The molecule has 0 N–H and O–H groups in total. The fourth-order valence-electron chi connectivity index (χ4n) is 7.86. The van der Waals surface area contributed by atoms with Gasteiger partial charge < -0.3 is 0 Å². The Labute approximate surface area is 341 Å². The lowest BCUT2D eigenvalue weighted by Gasteiger charge is -2.41. The minimum Gasteiger partial charge on any atom is -0.194 e. The molecule has 0 spiro atoms. The maximum atomic E-state index is 16.7. The Morgan fingerprint density at radius 1 is 0.554 bits per heavy atom. The van der Waals surface area contributed by atoms with Crippen molar-refractivity contribution in [1.29, 1.82) is 0 Å². The summed E-state index contributed by atoms with van der Waals surface area (Å²) in [7, 11) is 0. The van der Waals surface area contributed by atoms with E-state index < -0.39 is 34.3 Å². The normalized spacial score (nSPS) is 20.2. The van der Waals surface area contributed by atoms with Crippen LogP contribution in [0.3, 0.4) is 0 Å². The minimum absolute atomic E-state index is 0.249. The van der Waals surface area contributed by atoms with E-state index in [4.69, 9.17) is 0 Å². The van der Waals surface area contributed by atoms with Gasteiger partial charge in [0.05, 0.1) is 5.41 Å². The SMILES string of the molecule is C/C=C\C=C(/C)C1(/C(C)=C/C=C\C)C(C)=C(/C=C(\C)c2ccc(-c3cccs3)s2)C2=C(C(/C=C(\C)c3ccc(-c4cccs4)s3)=C1C)C(F)(F)C(F)(F)C2(F)F. The van der Waals surface area contributed by atoms with Gasteiger partial charge in [0.15, 0.2) is 0 Å². The number of alkyl halides is 6. The van der Waals surface area contributed by atoms with Gasteiger partial charge in [-0.2, -0.15) is 26.3 Å². The van der Waals surface area contributed by atoms with Crippen LogP contribution in [0.15, 0.2) is 152 Å². The Balaban J connectivity index is 1.76. The molecule has 0 atom stereocenters. The van der Waals surface area contributed by atoms with E-state index >= 15 is 26.3 Å². The molecule has 0 saturated heterocycles. The largest absolute Gasteiger partial charge is 0.380 e. The van der Waals surface area contributed by atoms with Gasteiger partial charge >= 0.3 is 17.8 Å². The van der Waals surface area contributed by atoms with Gasteiger partial charge in [0.2, 0.25) is 0 Å². The second-order valence-corrected chi connectivity index (χ2v) is 18.1. The van der Waals surface area contributed by atoms with Crippen LogP contribution >= 0.6 is 45.3 Å². The Morgan fingerprint density at radius 2 is 0.946 bits per heavy atom. The lowest BCUT2D eigenvalue weighted by atomic mass is 9.62. The summed E-state index contributed by atoms with van der Waals surface area (Å²) in [5, 5.41) is 3.90. The molecule has 10 heteroatoms. The second-order valence-electron chi connectivity index (χ2n) is 14.0. The van der Waals surface area contributed by atoms with Crippen molar-refractivity contribution >= 4 is 56.5 Å². The number of rotatable bonds is 10. The first-order chi connectivity index (χ1) is 26.5. The van der Waals surface area contributed by atoms with E-state index in [0.717, 1.165) is 19.5 Å². The van der Waals surface area contributed by atoms with Gasteiger partial charge in [-0.1, -0.05) is 71.9 Å². The van der Waals surface area contributed by atoms with Crippen molar-refractivity contribution in [2.45, 2.75) is 73.2 Å². The predicted octanol–water partition coefficient (Wildman–Crippen LogP) is 16.7. The topological polar surface area (TPSA) is 0 Å². The molecule has 0 amide bonds. The van der Waals surface area contributed by atoms with Gasteiger partial charge in [-0.05, 0) is 136 Å². The van der Waals surface area contributed by atoms with E-state index in [0.29, 0.717) is 32.0 Å². The summed E-state index contributed by atoms with van der Waals surface area (Å²) in [6.07, 6.45) is 13.8. The van der Waals surface area contributed by atoms with Crippen LogP contribution < -0.4 is 0 Å². The van der Waals surface area contributed by atoms with Gasteiger partial charge in [-0.25, -0.2) is 0 Å².